The van der Waals surface area contributed by atoms with E-state index in [9.17, 15) is 9.18 Å². The third-order valence-corrected chi connectivity index (χ3v) is 5.60. The maximum absolute atomic E-state index is 14.2. The van der Waals surface area contributed by atoms with Gasteiger partial charge >= 0.3 is 0 Å². The molecule has 2 aromatic carbocycles. The van der Waals surface area contributed by atoms with Gasteiger partial charge in [-0.3, -0.25) is 9.69 Å². The van der Waals surface area contributed by atoms with E-state index < -0.39 is 5.82 Å². The predicted molar refractivity (Wildman–Crippen MR) is 110 cm³/mol. The summed E-state index contributed by atoms with van der Waals surface area (Å²) in [6.45, 7) is 5.44. The van der Waals surface area contributed by atoms with Gasteiger partial charge in [-0.1, -0.05) is 23.5 Å². The molecule has 3 rings (SSSR count). The molecule has 3 aromatic rings. The molecule has 0 aliphatic carbocycles. The fourth-order valence-electron chi connectivity index (χ4n) is 2.89. The van der Waals surface area contributed by atoms with E-state index in [2.05, 4.69) is 22.9 Å². The van der Waals surface area contributed by atoms with E-state index in [0.717, 1.165) is 23.2 Å². The van der Waals surface area contributed by atoms with Crippen molar-refractivity contribution in [3.05, 3.63) is 58.9 Å². The first-order chi connectivity index (χ1) is 12.9. The van der Waals surface area contributed by atoms with E-state index in [1.807, 2.05) is 27.1 Å². The summed E-state index contributed by atoms with van der Waals surface area (Å²) in [5, 5.41) is 0.613. The van der Waals surface area contributed by atoms with Crippen LogP contribution >= 0.6 is 11.3 Å². The van der Waals surface area contributed by atoms with Crippen LogP contribution < -0.4 is 4.90 Å². The summed E-state index contributed by atoms with van der Waals surface area (Å²) in [5.74, 6) is -0.854. The first-order valence-corrected chi connectivity index (χ1v) is 9.77. The Balaban J connectivity index is 1.98. The number of rotatable bonds is 6. The number of aryl methyl sites for hydroxylation is 2. The Hall–Kier alpha value is -2.31. The summed E-state index contributed by atoms with van der Waals surface area (Å²) >= 11 is 1.47. The number of amides is 1. The number of aromatic nitrogens is 1. The van der Waals surface area contributed by atoms with E-state index >= 15 is 0 Å². The highest BCUT2D eigenvalue weighted by Gasteiger charge is 2.23. The van der Waals surface area contributed by atoms with Gasteiger partial charge in [0.1, 0.15) is 5.82 Å². The standard InChI is InChI=1S/C21H24FN3OS/c1-14-12-18-19(13-15(14)2)27-21(23-18)25(11-7-10-24(3)4)20(26)16-8-5-6-9-17(16)22/h5-6,8-9,12-13H,7,10-11H2,1-4H3. The van der Waals surface area contributed by atoms with Gasteiger partial charge in [0.25, 0.3) is 5.91 Å². The molecule has 6 heteroatoms. The SMILES string of the molecule is Cc1cc2nc(N(CCCN(C)C)C(=O)c3ccccc3F)sc2cc1C. The van der Waals surface area contributed by atoms with Crippen LogP contribution in [0.2, 0.25) is 0 Å². The molecule has 142 valence electrons. The van der Waals surface area contributed by atoms with Gasteiger partial charge in [-0.15, -0.1) is 0 Å². The van der Waals surface area contributed by atoms with Crippen LogP contribution in [0.4, 0.5) is 9.52 Å². The van der Waals surface area contributed by atoms with Crippen LogP contribution in [0.25, 0.3) is 10.2 Å². The zero-order chi connectivity index (χ0) is 19.6. The molecule has 4 nitrogen and oxygen atoms in total. The Morgan fingerprint density at radius 3 is 2.52 bits per heavy atom. The maximum Gasteiger partial charge on any atom is 0.263 e. The number of nitrogens with zero attached hydrogens (tertiary/aromatic N) is 3. The first-order valence-electron chi connectivity index (χ1n) is 8.95. The van der Waals surface area contributed by atoms with E-state index in [0.29, 0.717) is 11.7 Å². The lowest BCUT2D eigenvalue weighted by atomic mass is 10.1. The summed E-state index contributed by atoms with van der Waals surface area (Å²) in [7, 11) is 3.98. The third-order valence-electron chi connectivity index (χ3n) is 4.56. The van der Waals surface area contributed by atoms with Crippen molar-refractivity contribution < 1.29 is 9.18 Å². The molecule has 0 bridgehead atoms. The van der Waals surface area contributed by atoms with Crippen molar-refractivity contribution in [2.45, 2.75) is 20.3 Å². The van der Waals surface area contributed by atoms with Crippen LogP contribution in [-0.4, -0.2) is 43.0 Å². The molecular weight excluding hydrogens is 361 g/mol. The Labute approximate surface area is 163 Å². The molecule has 0 unspecified atom stereocenters. The Bertz CT molecular complexity index is 928. The van der Waals surface area contributed by atoms with Gasteiger partial charge in [-0.2, -0.15) is 0 Å². The van der Waals surface area contributed by atoms with Crippen LogP contribution in [0.15, 0.2) is 36.4 Å². The van der Waals surface area contributed by atoms with E-state index in [1.165, 1.54) is 34.6 Å². The highest BCUT2D eigenvalue weighted by atomic mass is 32.1. The van der Waals surface area contributed by atoms with Crippen molar-refractivity contribution in [1.29, 1.82) is 0 Å². The number of halogens is 1. The molecule has 0 saturated carbocycles. The molecule has 0 radical (unpaired) electrons. The molecule has 0 spiro atoms. The largest absolute Gasteiger partial charge is 0.309 e. The van der Waals surface area contributed by atoms with Crippen LogP contribution in [0.1, 0.15) is 27.9 Å². The van der Waals surface area contributed by atoms with Crippen LogP contribution in [0.3, 0.4) is 0 Å². The zero-order valence-electron chi connectivity index (χ0n) is 16.1. The maximum atomic E-state index is 14.2. The number of carbonyl (C=O) groups is 1. The summed E-state index contributed by atoms with van der Waals surface area (Å²) in [6, 6.07) is 10.2. The monoisotopic (exact) mass is 385 g/mol. The van der Waals surface area contributed by atoms with Gasteiger partial charge in [-0.25, -0.2) is 9.37 Å². The number of thiazole rings is 1. The fourth-order valence-corrected chi connectivity index (χ4v) is 3.96. The number of anilines is 1. The lowest BCUT2D eigenvalue weighted by Crippen LogP contribution is -2.34. The van der Waals surface area contributed by atoms with Crippen LogP contribution in [-0.2, 0) is 0 Å². The highest BCUT2D eigenvalue weighted by molar-refractivity contribution is 7.22. The van der Waals surface area contributed by atoms with E-state index in [1.54, 1.807) is 17.0 Å². The smallest absolute Gasteiger partial charge is 0.263 e. The molecule has 27 heavy (non-hydrogen) atoms. The molecule has 0 aliphatic rings. The number of hydrogen-bond donors (Lipinski definition) is 0. The second-order valence-corrected chi connectivity index (χ2v) is 8.00. The quantitative estimate of drug-likeness (QED) is 0.620. The second kappa shape index (κ2) is 8.15. The van der Waals surface area contributed by atoms with E-state index in [-0.39, 0.29) is 11.5 Å². The molecule has 1 aromatic heterocycles. The van der Waals surface area contributed by atoms with Gasteiger partial charge in [0.15, 0.2) is 5.13 Å². The minimum atomic E-state index is -0.507. The summed E-state index contributed by atoms with van der Waals surface area (Å²) in [6.07, 6.45) is 0.779. The van der Waals surface area contributed by atoms with Crippen molar-refractivity contribution in [2.24, 2.45) is 0 Å². The number of hydrogen-bond acceptors (Lipinski definition) is 4. The van der Waals surface area contributed by atoms with E-state index in [4.69, 9.17) is 0 Å². The normalized spacial score (nSPS) is 11.3. The Morgan fingerprint density at radius 2 is 1.81 bits per heavy atom. The Kier molecular flexibility index (Phi) is 5.87. The van der Waals surface area contributed by atoms with Gasteiger partial charge in [-0.05, 0) is 76.3 Å². The van der Waals surface area contributed by atoms with Crippen molar-refractivity contribution in [3.8, 4) is 0 Å². The molecule has 0 N–H and O–H groups in total. The van der Waals surface area contributed by atoms with Crippen LogP contribution in [0.5, 0.6) is 0 Å². The second-order valence-electron chi connectivity index (χ2n) is 6.99. The average molecular weight is 386 g/mol. The molecule has 1 heterocycles. The fraction of sp³-hybridized carbons (Fsp3) is 0.333. The minimum absolute atomic E-state index is 0.0778. The lowest BCUT2D eigenvalue weighted by Gasteiger charge is -2.21. The Morgan fingerprint density at radius 1 is 1.11 bits per heavy atom. The number of carbonyl (C=O) groups excluding carboxylic acids is 1. The molecule has 0 atom stereocenters. The molecule has 0 aliphatic heterocycles. The molecular formula is C21H24FN3OS. The summed E-state index contributed by atoms with van der Waals surface area (Å²) in [4.78, 5) is 21.4. The first kappa shape index (κ1) is 19.5. The summed E-state index contributed by atoms with van der Waals surface area (Å²) < 4.78 is 15.2. The third kappa shape index (κ3) is 4.34. The lowest BCUT2D eigenvalue weighted by molar-refractivity contribution is 0.0982. The van der Waals surface area contributed by atoms with Crippen molar-refractivity contribution in [3.63, 3.8) is 0 Å². The van der Waals surface area contributed by atoms with Gasteiger partial charge < -0.3 is 4.90 Å². The van der Waals surface area contributed by atoms with Crippen molar-refractivity contribution in [2.75, 3.05) is 32.1 Å². The molecule has 1 amide bonds. The minimum Gasteiger partial charge on any atom is -0.309 e. The number of benzene rings is 2. The topological polar surface area (TPSA) is 36.4 Å². The molecule has 0 saturated heterocycles. The number of fused-ring (bicyclic) bond motifs is 1. The van der Waals surface area contributed by atoms with Gasteiger partial charge in [0.05, 0.1) is 15.8 Å². The van der Waals surface area contributed by atoms with Crippen LogP contribution in [0, 0.1) is 19.7 Å². The predicted octanol–water partition coefficient (Wildman–Crippen LogP) is 4.65. The summed E-state index contributed by atoms with van der Waals surface area (Å²) in [5.41, 5.74) is 3.31. The van der Waals surface area contributed by atoms with Gasteiger partial charge in [0, 0.05) is 6.54 Å². The van der Waals surface area contributed by atoms with Crippen molar-refractivity contribution >= 4 is 32.6 Å². The van der Waals surface area contributed by atoms with Gasteiger partial charge in [0.2, 0.25) is 0 Å². The molecule has 0 fully saturated rings. The zero-order valence-corrected chi connectivity index (χ0v) is 16.9. The van der Waals surface area contributed by atoms with Crippen molar-refractivity contribution in [1.82, 2.24) is 9.88 Å². The average Bonchev–Trinajstić information content (AvgIpc) is 3.01. The highest BCUT2D eigenvalue weighted by Crippen LogP contribution is 2.32.